The normalized spacial score (nSPS) is 23.4. The Bertz CT molecular complexity index is 363. The van der Waals surface area contributed by atoms with Gasteiger partial charge in [0, 0.05) is 12.6 Å². The summed E-state index contributed by atoms with van der Waals surface area (Å²) in [4.78, 5) is 25.4. The second-order valence-corrected chi connectivity index (χ2v) is 6.10. The van der Waals surface area contributed by atoms with E-state index in [2.05, 4.69) is 15.5 Å². The first-order valence-electron chi connectivity index (χ1n) is 7.56. The Balaban J connectivity index is 1.74. The molecule has 1 atom stereocenters. The second kappa shape index (κ2) is 6.43. The standard InChI is InChI=1S/C14H25N3O3/c1-11(10-17-8-3-2-4-9-17)15-13(20)16-14(12(18)19)6-5-7-14/h11H,2-10H2,1H3,(H,18,19)(H2,15,16,20). The van der Waals surface area contributed by atoms with E-state index in [0.29, 0.717) is 12.8 Å². The Kier molecular flexibility index (Phi) is 4.86. The molecular formula is C14H25N3O3. The van der Waals surface area contributed by atoms with Crippen molar-refractivity contribution in [1.82, 2.24) is 15.5 Å². The molecule has 2 amide bonds. The van der Waals surface area contributed by atoms with Crippen molar-refractivity contribution in [3.8, 4) is 0 Å². The summed E-state index contributed by atoms with van der Waals surface area (Å²) in [6.07, 6.45) is 5.64. The van der Waals surface area contributed by atoms with Gasteiger partial charge in [0.2, 0.25) is 0 Å². The first kappa shape index (κ1) is 15.1. The number of carbonyl (C=O) groups excluding carboxylic acids is 1. The Morgan fingerprint density at radius 1 is 1.20 bits per heavy atom. The lowest BCUT2D eigenvalue weighted by atomic mass is 9.77. The number of hydrogen-bond donors (Lipinski definition) is 3. The van der Waals surface area contributed by atoms with Crippen LogP contribution in [0.1, 0.15) is 45.4 Å². The van der Waals surface area contributed by atoms with Gasteiger partial charge < -0.3 is 20.6 Å². The van der Waals surface area contributed by atoms with Gasteiger partial charge in [-0.25, -0.2) is 9.59 Å². The van der Waals surface area contributed by atoms with Crippen molar-refractivity contribution in [2.45, 2.75) is 57.0 Å². The fraction of sp³-hybridized carbons (Fsp3) is 0.857. The second-order valence-electron chi connectivity index (χ2n) is 6.10. The molecule has 1 saturated carbocycles. The number of hydrogen-bond acceptors (Lipinski definition) is 3. The molecule has 20 heavy (non-hydrogen) atoms. The maximum Gasteiger partial charge on any atom is 0.329 e. The van der Waals surface area contributed by atoms with Crippen LogP contribution in [0.3, 0.4) is 0 Å². The van der Waals surface area contributed by atoms with Crippen molar-refractivity contribution in [1.29, 1.82) is 0 Å². The highest BCUT2D eigenvalue weighted by Crippen LogP contribution is 2.31. The number of carboxylic acids is 1. The van der Waals surface area contributed by atoms with Gasteiger partial charge in [0.15, 0.2) is 0 Å². The average molecular weight is 283 g/mol. The highest BCUT2D eigenvalue weighted by molar-refractivity contribution is 5.87. The Morgan fingerprint density at radius 3 is 2.35 bits per heavy atom. The minimum atomic E-state index is -1.03. The van der Waals surface area contributed by atoms with Gasteiger partial charge in [-0.2, -0.15) is 0 Å². The van der Waals surface area contributed by atoms with E-state index in [1.807, 2.05) is 6.92 Å². The maximum absolute atomic E-state index is 11.9. The molecule has 2 aliphatic rings. The molecule has 0 aromatic rings. The quantitative estimate of drug-likeness (QED) is 0.707. The molecule has 0 aromatic carbocycles. The van der Waals surface area contributed by atoms with Gasteiger partial charge >= 0.3 is 12.0 Å². The molecule has 6 heteroatoms. The van der Waals surface area contributed by atoms with Gasteiger partial charge in [-0.15, -0.1) is 0 Å². The smallest absolute Gasteiger partial charge is 0.329 e. The van der Waals surface area contributed by atoms with E-state index in [0.717, 1.165) is 26.1 Å². The molecule has 1 saturated heterocycles. The number of aliphatic carboxylic acids is 1. The lowest BCUT2D eigenvalue weighted by molar-refractivity contribution is -0.148. The van der Waals surface area contributed by atoms with Crippen LogP contribution in [0.2, 0.25) is 0 Å². The van der Waals surface area contributed by atoms with E-state index < -0.39 is 11.5 Å². The summed E-state index contributed by atoms with van der Waals surface area (Å²) < 4.78 is 0. The fourth-order valence-electron chi connectivity index (χ4n) is 2.97. The van der Waals surface area contributed by atoms with Crippen molar-refractivity contribution >= 4 is 12.0 Å². The molecule has 1 heterocycles. The van der Waals surface area contributed by atoms with Crippen LogP contribution >= 0.6 is 0 Å². The minimum absolute atomic E-state index is 0.0269. The summed E-state index contributed by atoms with van der Waals surface area (Å²) >= 11 is 0. The Hall–Kier alpha value is -1.30. The molecule has 3 N–H and O–H groups in total. The molecule has 0 spiro atoms. The van der Waals surface area contributed by atoms with Crippen molar-refractivity contribution in [3.63, 3.8) is 0 Å². The predicted molar refractivity (Wildman–Crippen MR) is 75.6 cm³/mol. The summed E-state index contributed by atoms with van der Waals surface area (Å²) in [7, 11) is 0. The van der Waals surface area contributed by atoms with Gasteiger partial charge in [0.05, 0.1) is 0 Å². The minimum Gasteiger partial charge on any atom is -0.480 e. The number of nitrogens with one attached hydrogen (secondary N) is 2. The fourth-order valence-corrected chi connectivity index (χ4v) is 2.97. The van der Waals surface area contributed by atoms with Crippen LogP contribution in [0.25, 0.3) is 0 Å². The van der Waals surface area contributed by atoms with Crippen LogP contribution in [-0.2, 0) is 4.79 Å². The topological polar surface area (TPSA) is 81.7 Å². The molecule has 2 rings (SSSR count). The number of carboxylic acid groups (broad SMARTS) is 1. The number of likely N-dealkylation sites (tertiary alicyclic amines) is 1. The number of urea groups is 1. The molecule has 1 aliphatic heterocycles. The van der Waals surface area contributed by atoms with Crippen molar-refractivity contribution < 1.29 is 14.7 Å². The number of rotatable bonds is 5. The lowest BCUT2D eigenvalue weighted by Gasteiger charge is -2.38. The molecule has 0 bridgehead atoms. The third-order valence-electron chi connectivity index (χ3n) is 4.33. The summed E-state index contributed by atoms with van der Waals surface area (Å²) in [5.41, 5.74) is -1.03. The van der Waals surface area contributed by atoms with Gasteiger partial charge in [-0.05, 0) is 52.1 Å². The molecule has 6 nitrogen and oxygen atoms in total. The van der Waals surface area contributed by atoms with Crippen LogP contribution in [0.4, 0.5) is 4.79 Å². The molecule has 0 aromatic heterocycles. The average Bonchev–Trinajstić information content (AvgIpc) is 2.34. The summed E-state index contributed by atoms with van der Waals surface area (Å²) in [6, 6.07) is -0.337. The first-order chi connectivity index (χ1) is 9.52. The third-order valence-corrected chi connectivity index (χ3v) is 4.33. The Morgan fingerprint density at radius 2 is 1.85 bits per heavy atom. The van der Waals surface area contributed by atoms with Crippen molar-refractivity contribution in [2.75, 3.05) is 19.6 Å². The lowest BCUT2D eigenvalue weighted by Crippen LogP contribution is -2.62. The maximum atomic E-state index is 11.9. The number of amides is 2. The number of carbonyl (C=O) groups is 2. The SMILES string of the molecule is CC(CN1CCCCC1)NC(=O)NC1(C(=O)O)CCC1. The molecule has 1 aliphatic carbocycles. The van der Waals surface area contributed by atoms with E-state index in [-0.39, 0.29) is 12.1 Å². The molecule has 2 fully saturated rings. The third kappa shape index (κ3) is 3.62. The summed E-state index contributed by atoms with van der Waals surface area (Å²) in [5.74, 6) is -0.928. The monoisotopic (exact) mass is 283 g/mol. The van der Waals surface area contributed by atoms with Crippen LogP contribution < -0.4 is 10.6 Å². The zero-order valence-electron chi connectivity index (χ0n) is 12.2. The van der Waals surface area contributed by atoms with E-state index in [4.69, 9.17) is 0 Å². The molecule has 1 unspecified atom stereocenters. The van der Waals surface area contributed by atoms with Crippen LogP contribution in [-0.4, -0.2) is 53.2 Å². The van der Waals surface area contributed by atoms with E-state index in [1.165, 1.54) is 19.3 Å². The zero-order valence-corrected chi connectivity index (χ0v) is 12.2. The van der Waals surface area contributed by atoms with Crippen molar-refractivity contribution in [2.24, 2.45) is 0 Å². The highest BCUT2D eigenvalue weighted by atomic mass is 16.4. The van der Waals surface area contributed by atoms with E-state index in [9.17, 15) is 14.7 Å². The number of piperidine rings is 1. The first-order valence-corrected chi connectivity index (χ1v) is 7.56. The molecule has 0 radical (unpaired) electrons. The van der Waals surface area contributed by atoms with E-state index >= 15 is 0 Å². The van der Waals surface area contributed by atoms with Crippen LogP contribution in [0, 0.1) is 0 Å². The van der Waals surface area contributed by atoms with Gasteiger partial charge in [-0.3, -0.25) is 0 Å². The van der Waals surface area contributed by atoms with Gasteiger partial charge in [-0.1, -0.05) is 6.42 Å². The number of nitrogens with zero attached hydrogens (tertiary/aromatic N) is 1. The van der Waals surface area contributed by atoms with Gasteiger partial charge in [0.25, 0.3) is 0 Å². The largest absolute Gasteiger partial charge is 0.480 e. The van der Waals surface area contributed by atoms with E-state index in [1.54, 1.807) is 0 Å². The van der Waals surface area contributed by atoms with Crippen LogP contribution in [0.5, 0.6) is 0 Å². The molecular weight excluding hydrogens is 258 g/mol. The van der Waals surface area contributed by atoms with Crippen molar-refractivity contribution in [3.05, 3.63) is 0 Å². The zero-order chi connectivity index (χ0) is 14.6. The predicted octanol–water partition coefficient (Wildman–Crippen LogP) is 1.17. The summed E-state index contributed by atoms with van der Waals surface area (Å²) in [5, 5.41) is 14.7. The molecule has 114 valence electrons. The Labute approximate surface area is 119 Å². The highest BCUT2D eigenvalue weighted by Gasteiger charge is 2.45. The van der Waals surface area contributed by atoms with Gasteiger partial charge in [0.1, 0.15) is 5.54 Å². The summed E-state index contributed by atoms with van der Waals surface area (Å²) in [6.45, 7) is 4.97. The van der Waals surface area contributed by atoms with Crippen LogP contribution in [0.15, 0.2) is 0 Å².